The number of rotatable bonds is 5. The van der Waals surface area contributed by atoms with Gasteiger partial charge in [0.1, 0.15) is 29.4 Å². The Morgan fingerprint density at radius 1 is 1.06 bits per heavy atom. The van der Waals surface area contributed by atoms with Crippen LogP contribution in [0.4, 0.5) is 0 Å². The summed E-state index contributed by atoms with van der Waals surface area (Å²) in [6, 6.07) is 21.1. The molecule has 0 radical (unpaired) electrons. The van der Waals surface area contributed by atoms with Crippen LogP contribution in [0, 0.1) is 18.8 Å². The maximum absolute atomic E-state index is 12.7. The number of aromatic nitrogens is 1. The Kier molecular flexibility index (Phi) is 6.21. The van der Waals surface area contributed by atoms with E-state index >= 15 is 0 Å². The lowest BCUT2D eigenvalue weighted by Gasteiger charge is -2.06. The van der Waals surface area contributed by atoms with Crippen molar-refractivity contribution in [2.45, 2.75) is 6.92 Å². The number of hydrogen-bond donors (Lipinski definition) is 1. The molecule has 0 saturated carbocycles. The summed E-state index contributed by atoms with van der Waals surface area (Å²) in [5.74, 6) is 6.70. The number of fused-ring (bicyclic) bond motifs is 1. The van der Waals surface area contributed by atoms with Gasteiger partial charge >= 0.3 is 0 Å². The SMILES string of the molecule is Cc1onc(-c2ccccc2Cl)c1C(=O)NCC#CCOc1cccc2ccccc12. The Balaban J connectivity index is 1.37. The third kappa shape index (κ3) is 4.55. The average Bonchev–Trinajstić information content (AvgIpc) is 3.17. The fraction of sp³-hybridized carbons (Fsp3) is 0.120. The summed E-state index contributed by atoms with van der Waals surface area (Å²) in [6.45, 7) is 2.08. The Hall–Kier alpha value is -3.75. The predicted octanol–water partition coefficient (Wildman–Crippen LogP) is 5.27. The zero-order valence-corrected chi connectivity index (χ0v) is 17.6. The summed E-state index contributed by atoms with van der Waals surface area (Å²) in [6.07, 6.45) is 0. The van der Waals surface area contributed by atoms with Crippen molar-refractivity contribution in [3.8, 4) is 28.8 Å². The molecule has 0 aliphatic heterocycles. The molecule has 1 heterocycles. The van der Waals surface area contributed by atoms with E-state index in [1.807, 2.05) is 54.6 Å². The lowest BCUT2D eigenvalue weighted by atomic mass is 10.1. The average molecular weight is 431 g/mol. The molecule has 0 fully saturated rings. The standard InChI is InChI=1S/C25H19ClN2O3/c1-17-23(24(28-31-17)20-12-4-5-13-21(20)26)25(29)27-15-6-7-16-30-22-14-8-10-18-9-2-3-11-19(18)22/h2-5,8-14H,15-16H2,1H3,(H,27,29). The number of amides is 1. The molecule has 6 heteroatoms. The maximum Gasteiger partial charge on any atom is 0.257 e. The van der Waals surface area contributed by atoms with Crippen LogP contribution in [0.2, 0.25) is 5.02 Å². The van der Waals surface area contributed by atoms with Crippen LogP contribution in [0.25, 0.3) is 22.0 Å². The summed E-state index contributed by atoms with van der Waals surface area (Å²) in [5, 5.41) is 9.42. The van der Waals surface area contributed by atoms with Gasteiger partial charge in [0.05, 0.1) is 11.6 Å². The first-order valence-corrected chi connectivity index (χ1v) is 10.1. The highest BCUT2D eigenvalue weighted by Crippen LogP contribution is 2.30. The first-order chi connectivity index (χ1) is 15.1. The van der Waals surface area contributed by atoms with Crippen LogP contribution in [-0.4, -0.2) is 24.2 Å². The van der Waals surface area contributed by atoms with E-state index in [4.69, 9.17) is 20.9 Å². The molecule has 0 spiro atoms. The molecule has 0 saturated heterocycles. The summed E-state index contributed by atoms with van der Waals surface area (Å²) in [7, 11) is 0. The van der Waals surface area contributed by atoms with Crippen molar-refractivity contribution in [2.75, 3.05) is 13.2 Å². The topological polar surface area (TPSA) is 64.4 Å². The number of nitrogens with one attached hydrogen (secondary N) is 1. The first kappa shape index (κ1) is 20.5. The van der Waals surface area contributed by atoms with Crippen molar-refractivity contribution in [3.63, 3.8) is 0 Å². The van der Waals surface area contributed by atoms with Gasteiger partial charge in [-0.2, -0.15) is 0 Å². The molecule has 0 atom stereocenters. The van der Waals surface area contributed by atoms with Crippen LogP contribution in [0.15, 0.2) is 71.3 Å². The number of carbonyl (C=O) groups excluding carboxylic acids is 1. The van der Waals surface area contributed by atoms with Crippen LogP contribution in [0.5, 0.6) is 5.75 Å². The largest absolute Gasteiger partial charge is 0.480 e. The normalized spacial score (nSPS) is 10.4. The van der Waals surface area contributed by atoms with Gasteiger partial charge < -0.3 is 14.6 Å². The molecule has 31 heavy (non-hydrogen) atoms. The zero-order chi connectivity index (χ0) is 21.6. The highest BCUT2D eigenvalue weighted by atomic mass is 35.5. The minimum absolute atomic E-state index is 0.171. The third-order valence-electron chi connectivity index (χ3n) is 4.73. The number of aryl methyl sites for hydroxylation is 1. The van der Waals surface area contributed by atoms with Crippen LogP contribution < -0.4 is 10.1 Å². The Labute approximate surface area is 185 Å². The lowest BCUT2D eigenvalue weighted by molar-refractivity contribution is 0.0957. The highest BCUT2D eigenvalue weighted by molar-refractivity contribution is 6.33. The number of carbonyl (C=O) groups is 1. The Bertz CT molecular complexity index is 1300. The van der Waals surface area contributed by atoms with Crippen LogP contribution in [0.1, 0.15) is 16.1 Å². The third-order valence-corrected chi connectivity index (χ3v) is 5.06. The molecule has 1 amide bonds. The van der Waals surface area contributed by atoms with Gasteiger partial charge in [0, 0.05) is 10.9 Å². The zero-order valence-electron chi connectivity index (χ0n) is 16.8. The van der Waals surface area contributed by atoms with Gasteiger partial charge in [-0.05, 0) is 24.4 Å². The van der Waals surface area contributed by atoms with E-state index in [-0.39, 0.29) is 19.1 Å². The summed E-state index contributed by atoms with van der Waals surface area (Å²) in [5.41, 5.74) is 1.40. The molecule has 4 aromatic rings. The molecule has 0 aliphatic rings. The van der Waals surface area contributed by atoms with Crippen molar-refractivity contribution in [3.05, 3.63) is 83.1 Å². The predicted molar refractivity (Wildman–Crippen MR) is 121 cm³/mol. The molecule has 1 N–H and O–H groups in total. The molecular formula is C25H19ClN2O3. The molecule has 0 bridgehead atoms. The van der Waals surface area contributed by atoms with Crippen molar-refractivity contribution in [1.29, 1.82) is 0 Å². The molecule has 4 rings (SSSR count). The van der Waals surface area contributed by atoms with Crippen molar-refractivity contribution in [2.24, 2.45) is 0 Å². The lowest BCUT2D eigenvalue weighted by Crippen LogP contribution is -2.24. The van der Waals surface area contributed by atoms with Crippen molar-refractivity contribution in [1.82, 2.24) is 10.5 Å². The van der Waals surface area contributed by atoms with Crippen molar-refractivity contribution >= 4 is 28.3 Å². The van der Waals surface area contributed by atoms with E-state index in [1.54, 1.807) is 19.1 Å². The first-order valence-electron chi connectivity index (χ1n) is 9.71. The molecule has 0 unspecified atom stereocenters. The summed E-state index contributed by atoms with van der Waals surface area (Å²) < 4.78 is 11.0. The second-order valence-corrected chi connectivity index (χ2v) is 7.15. The van der Waals surface area contributed by atoms with Gasteiger partial charge in [0.2, 0.25) is 0 Å². The van der Waals surface area contributed by atoms with Gasteiger partial charge in [-0.3, -0.25) is 4.79 Å². The number of nitrogens with zero attached hydrogens (tertiary/aromatic N) is 1. The molecular weight excluding hydrogens is 412 g/mol. The van der Waals surface area contributed by atoms with Gasteiger partial charge in [-0.25, -0.2) is 0 Å². The van der Waals surface area contributed by atoms with E-state index in [9.17, 15) is 4.79 Å². The quantitative estimate of drug-likeness (QED) is 0.438. The smallest absolute Gasteiger partial charge is 0.257 e. The molecule has 1 aromatic heterocycles. The van der Waals surface area contributed by atoms with E-state index in [2.05, 4.69) is 22.3 Å². The highest BCUT2D eigenvalue weighted by Gasteiger charge is 2.22. The van der Waals surface area contributed by atoms with E-state index in [1.165, 1.54) is 0 Å². The van der Waals surface area contributed by atoms with Crippen LogP contribution in [-0.2, 0) is 0 Å². The summed E-state index contributed by atoms with van der Waals surface area (Å²) in [4.78, 5) is 12.7. The Morgan fingerprint density at radius 2 is 1.84 bits per heavy atom. The minimum atomic E-state index is -0.321. The van der Waals surface area contributed by atoms with E-state index in [0.717, 1.165) is 16.5 Å². The fourth-order valence-corrected chi connectivity index (χ4v) is 3.46. The van der Waals surface area contributed by atoms with Crippen molar-refractivity contribution < 1.29 is 14.1 Å². The second kappa shape index (κ2) is 9.38. The van der Waals surface area contributed by atoms with E-state index in [0.29, 0.717) is 27.6 Å². The number of ether oxygens (including phenoxy) is 1. The van der Waals surface area contributed by atoms with Gasteiger partial charge in [0.15, 0.2) is 0 Å². The van der Waals surface area contributed by atoms with Gasteiger partial charge in [-0.1, -0.05) is 83.2 Å². The Morgan fingerprint density at radius 3 is 2.71 bits per heavy atom. The van der Waals surface area contributed by atoms with Gasteiger partial charge in [0.25, 0.3) is 5.91 Å². The molecule has 0 aliphatic carbocycles. The van der Waals surface area contributed by atoms with Gasteiger partial charge in [-0.15, -0.1) is 0 Å². The van der Waals surface area contributed by atoms with E-state index < -0.39 is 0 Å². The summed E-state index contributed by atoms with van der Waals surface area (Å²) >= 11 is 6.24. The molecule has 5 nitrogen and oxygen atoms in total. The monoisotopic (exact) mass is 430 g/mol. The van der Waals surface area contributed by atoms with Crippen LogP contribution in [0.3, 0.4) is 0 Å². The van der Waals surface area contributed by atoms with Crippen LogP contribution >= 0.6 is 11.6 Å². The second-order valence-electron chi connectivity index (χ2n) is 6.74. The minimum Gasteiger partial charge on any atom is -0.480 e. The molecule has 3 aromatic carbocycles. The number of halogens is 1. The maximum atomic E-state index is 12.7. The number of hydrogen-bond acceptors (Lipinski definition) is 4. The molecule has 154 valence electrons. The number of benzene rings is 3. The fourth-order valence-electron chi connectivity index (χ4n) is 3.24.